The number of hydrogen-bond donors (Lipinski definition) is 2. The smallest absolute Gasteiger partial charge is 0.325 e. The fraction of sp³-hybridized carbons (Fsp3) is 0.217. The van der Waals surface area contributed by atoms with Crippen molar-refractivity contribution in [1.29, 1.82) is 0 Å². The van der Waals surface area contributed by atoms with Gasteiger partial charge in [-0.2, -0.15) is 0 Å². The monoisotopic (exact) mass is 421 g/mol. The number of benzene rings is 2. The Hall–Kier alpha value is -3.16. The summed E-state index contributed by atoms with van der Waals surface area (Å²) in [5, 5.41) is 7.21. The molecule has 0 saturated carbocycles. The molecule has 1 aromatic heterocycles. The quantitative estimate of drug-likeness (QED) is 0.652. The molecule has 1 aliphatic rings. The average Bonchev–Trinajstić information content (AvgIpc) is 3.23. The number of nitrogens with one attached hydrogen (secondary N) is 2. The molecule has 0 saturated heterocycles. The van der Waals surface area contributed by atoms with E-state index >= 15 is 0 Å². The van der Waals surface area contributed by atoms with Gasteiger partial charge in [0, 0.05) is 17.1 Å². The molecule has 1 aliphatic heterocycles. The summed E-state index contributed by atoms with van der Waals surface area (Å²) in [6, 6.07) is 18.7. The van der Waals surface area contributed by atoms with Gasteiger partial charge in [-0.1, -0.05) is 30.3 Å². The van der Waals surface area contributed by atoms with Gasteiger partial charge in [-0.3, -0.25) is 15.0 Å². The first-order valence-corrected chi connectivity index (χ1v) is 10.6. The number of imide groups is 1. The Balaban J connectivity index is 1.42. The van der Waals surface area contributed by atoms with E-state index in [-0.39, 0.29) is 18.5 Å². The van der Waals surface area contributed by atoms with Crippen molar-refractivity contribution in [2.45, 2.75) is 12.5 Å². The summed E-state index contributed by atoms with van der Waals surface area (Å²) in [6.07, 6.45) is 0.904. The minimum absolute atomic E-state index is 0.0107. The van der Waals surface area contributed by atoms with E-state index in [1.807, 2.05) is 18.2 Å². The van der Waals surface area contributed by atoms with Gasteiger partial charge in [-0.05, 0) is 53.3 Å². The minimum atomic E-state index is -0.547. The lowest BCUT2D eigenvalue weighted by Crippen LogP contribution is -2.45. The summed E-state index contributed by atoms with van der Waals surface area (Å²) < 4.78 is 5.10. The zero-order valence-corrected chi connectivity index (χ0v) is 17.4. The predicted molar refractivity (Wildman–Crippen MR) is 118 cm³/mol. The molecule has 3 aromatic rings. The molecule has 0 fully saturated rings. The molecule has 2 heterocycles. The van der Waals surface area contributed by atoms with E-state index in [1.165, 1.54) is 10.4 Å². The number of amides is 3. The molecular weight excluding hydrogens is 398 g/mol. The van der Waals surface area contributed by atoms with E-state index < -0.39 is 6.03 Å². The van der Waals surface area contributed by atoms with Crippen molar-refractivity contribution in [3.63, 3.8) is 0 Å². The number of hydrogen-bond acceptors (Lipinski definition) is 5. The Morgan fingerprint density at radius 2 is 1.87 bits per heavy atom. The van der Waals surface area contributed by atoms with Crippen LogP contribution in [0.15, 0.2) is 66.0 Å². The number of fused-ring (bicyclic) bond motifs is 1. The number of carbonyl (C=O) groups is 2. The SMILES string of the molecule is COc1ccc(NC(=O)NC(=O)CN2CCc3sccc3C2c2ccccc2)cc1. The molecule has 0 aliphatic carbocycles. The fourth-order valence-electron chi connectivity index (χ4n) is 3.75. The second-order valence-corrected chi connectivity index (χ2v) is 8.06. The Morgan fingerprint density at radius 3 is 2.60 bits per heavy atom. The largest absolute Gasteiger partial charge is 0.497 e. The van der Waals surface area contributed by atoms with Gasteiger partial charge in [0.2, 0.25) is 5.91 Å². The third-order valence-corrected chi connectivity index (χ3v) is 6.13. The van der Waals surface area contributed by atoms with Crippen molar-refractivity contribution in [3.8, 4) is 5.75 Å². The van der Waals surface area contributed by atoms with Gasteiger partial charge in [-0.25, -0.2) is 4.79 Å². The molecular formula is C23H23N3O3S. The number of ether oxygens (including phenoxy) is 1. The lowest BCUT2D eigenvalue weighted by atomic mass is 9.93. The zero-order valence-electron chi connectivity index (χ0n) is 16.6. The maximum Gasteiger partial charge on any atom is 0.325 e. The normalized spacial score (nSPS) is 15.8. The van der Waals surface area contributed by atoms with Crippen LogP contribution in [0.4, 0.5) is 10.5 Å². The number of rotatable bonds is 5. The van der Waals surface area contributed by atoms with Crippen LogP contribution in [-0.2, 0) is 11.2 Å². The summed E-state index contributed by atoms with van der Waals surface area (Å²) in [7, 11) is 1.58. The van der Waals surface area contributed by atoms with Gasteiger partial charge in [0.15, 0.2) is 0 Å². The molecule has 1 atom stereocenters. The molecule has 3 amide bonds. The summed E-state index contributed by atoms with van der Waals surface area (Å²) in [4.78, 5) is 28.3. The van der Waals surface area contributed by atoms with Gasteiger partial charge in [0.25, 0.3) is 0 Å². The van der Waals surface area contributed by atoms with E-state index in [0.717, 1.165) is 18.5 Å². The van der Waals surface area contributed by atoms with Crippen LogP contribution in [0.25, 0.3) is 0 Å². The number of methoxy groups -OCH3 is 1. The van der Waals surface area contributed by atoms with E-state index in [9.17, 15) is 9.59 Å². The topological polar surface area (TPSA) is 70.7 Å². The van der Waals surface area contributed by atoms with Gasteiger partial charge in [0.05, 0.1) is 19.7 Å². The third-order valence-electron chi connectivity index (χ3n) is 5.13. The molecule has 0 radical (unpaired) electrons. The van der Waals surface area contributed by atoms with E-state index in [4.69, 9.17) is 4.74 Å². The van der Waals surface area contributed by atoms with Gasteiger partial charge >= 0.3 is 6.03 Å². The van der Waals surface area contributed by atoms with Crippen LogP contribution in [0.2, 0.25) is 0 Å². The van der Waals surface area contributed by atoms with Crippen LogP contribution in [0.3, 0.4) is 0 Å². The second-order valence-electron chi connectivity index (χ2n) is 7.06. The van der Waals surface area contributed by atoms with Crippen molar-refractivity contribution in [3.05, 3.63) is 82.0 Å². The third kappa shape index (κ3) is 4.53. The highest BCUT2D eigenvalue weighted by Crippen LogP contribution is 2.37. The molecule has 4 rings (SSSR count). The van der Waals surface area contributed by atoms with Crippen LogP contribution < -0.4 is 15.4 Å². The van der Waals surface area contributed by atoms with Crippen LogP contribution in [0.5, 0.6) is 5.75 Å². The summed E-state index contributed by atoms with van der Waals surface area (Å²) in [6.45, 7) is 0.908. The van der Waals surface area contributed by atoms with Crippen molar-refractivity contribution < 1.29 is 14.3 Å². The molecule has 6 nitrogen and oxygen atoms in total. The lowest BCUT2D eigenvalue weighted by molar-refractivity contribution is -0.121. The highest BCUT2D eigenvalue weighted by Gasteiger charge is 2.30. The van der Waals surface area contributed by atoms with Crippen LogP contribution in [0, 0.1) is 0 Å². The molecule has 0 spiro atoms. The highest BCUT2D eigenvalue weighted by atomic mass is 32.1. The lowest BCUT2D eigenvalue weighted by Gasteiger charge is -2.35. The summed E-state index contributed by atoms with van der Waals surface area (Å²) in [5.74, 6) is 0.363. The first-order valence-electron chi connectivity index (χ1n) is 9.74. The standard InChI is InChI=1S/C23H23N3O3S/c1-29-18-9-7-17(8-10-18)24-23(28)25-21(27)15-26-13-11-20-19(12-14-30-20)22(26)16-5-3-2-4-6-16/h2-10,12,14,22H,11,13,15H2,1H3,(H2,24,25,27,28). The molecule has 2 aromatic carbocycles. The Morgan fingerprint density at radius 1 is 1.10 bits per heavy atom. The molecule has 154 valence electrons. The predicted octanol–water partition coefficient (Wildman–Crippen LogP) is 4.05. The first kappa shape index (κ1) is 20.1. The molecule has 30 heavy (non-hydrogen) atoms. The highest BCUT2D eigenvalue weighted by molar-refractivity contribution is 7.10. The van der Waals surface area contributed by atoms with Gasteiger partial charge < -0.3 is 10.1 Å². The fourth-order valence-corrected chi connectivity index (χ4v) is 4.66. The second kappa shape index (κ2) is 9.11. The van der Waals surface area contributed by atoms with Gasteiger partial charge in [0.1, 0.15) is 5.75 Å². The van der Waals surface area contributed by atoms with Crippen molar-refractivity contribution in [1.82, 2.24) is 10.2 Å². The molecule has 7 heteroatoms. The Labute approximate surface area is 179 Å². The average molecular weight is 422 g/mol. The van der Waals surface area contributed by atoms with Crippen LogP contribution >= 0.6 is 11.3 Å². The van der Waals surface area contributed by atoms with Crippen molar-refractivity contribution >= 4 is 29.0 Å². The molecule has 1 unspecified atom stereocenters. The van der Waals surface area contributed by atoms with E-state index in [0.29, 0.717) is 11.4 Å². The van der Waals surface area contributed by atoms with Crippen molar-refractivity contribution in [2.75, 3.05) is 25.5 Å². The maximum absolute atomic E-state index is 12.6. The number of thiophene rings is 1. The van der Waals surface area contributed by atoms with Gasteiger partial charge in [-0.15, -0.1) is 11.3 Å². The number of carbonyl (C=O) groups excluding carboxylic acids is 2. The van der Waals surface area contributed by atoms with Crippen molar-refractivity contribution in [2.24, 2.45) is 0 Å². The maximum atomic E-state index is 12.6. The van der Waals surface area contributed by atoms with E-state index in [2.05, 4.69) is 39.1 Å². The molecule has 2 N–H and O–H groups in total. The zero-order chi connectivity index (χ0) is 20.9. The Kier molecular flexibility index (Phi) is 6.11. The van der Waals surface area contributed by atoms with E-state index in [1.54, 1.807) is 42.7 Å². The number of nitrogens with zero attached hydrogens (tertiary/aromatic N) is 1. The summed E-state index contributed by atoms with van der Waals surface area (Å²) >= 11 is 1.76. The number of urea groups is 1. The Bertz CT molecular complexity index is 1020. The minimum Gasteiger partial charge on any atom is -0.497 e. The molecule has 0 bridgehead atoms. The summed E-state index contributed by atoms with van der Waals surface area (Å²) in [5.41, 5.74) is 2.98. The number of anilines is 1. The van der Waals surface area contributed by atoms with Crippen LogP contribution in [0.1, 0.15) is 22.0 Å². The first-order chi connectivity index (χ1) is 14.6. The van der Waals surface area contributed by atoms with Crippen LogP contribution in [-0.4, -0.2) is 37.0 Å².